The average molecular weight is 412 g/mol. The Morgan fingerprint density at radius 1 is 1.21 bits per heavy atom. The number of aryl methyl sites for hydroxylation is 1. The van der Waals surface area contributed by atoms with Gasteiger partial charge in [0.15, 0.2) is 5.76 Å². The maximum atomic E-state index is 12.8. The molecule has 0 bridgehead atoms. The van der Waals surface area contributed by atoms with E-state index in [1.807, 2.05) is 0 Å². The first kappa shape index (κ1) is 18.9. The van der Waals surface area contributed by atoms with Crippen molar-refractivity contribution < 1.29 is 23.7 Å². The van der Waals surface area contributed by atoms with Crippen LogP contribution in [0.15, 0.2) is 47.1 Å². The molecule has 0 radical (unpaired) electrons. The summed E-state index contributed by atoms with van der Waals surface area (Å²) < 4.78 is 10.5. The van der Waals surface area contributed by atoms with Gasteiger partial charge < -0.3 is 14.5 Å². The summed E-state index contributed by atoms with van der Waals surface area (Å²) in [5, 5.41) is 13.9. The lowest BCUT2D eigenvalue weighted by Gasteiger charge is -2.08. The number of rotatable bonds is 6. The number of esters is 1. The number of hydrogen-bond acceptors (Lipinski definition) is 7. The number of furan rings is 1. The fourth-order valence-electron chi connectivity index (χ4n) is 3.22. The molecule has 2 heterocycles. The van der Waals surface area contributed by atoms with E-state index in [4.69, 9.17) is 9.15 Å². The number of non-ortho nitro benzene ring substituents is 1. The number of carbonyl (C=O) groups is 2. The SMILES string of the molecule is O=C(Nc1sc2c(c1C(=O)OCc1ccc([N+](=O)[O-])cc1)CCC2)c1ccco1. The zero-order chi connectivity index (χ0) is 20.4. The Bertz CT molecular complexity index is 1070. The van der Waals surface area contributed by atoms with Crippen LogP contribution in [0.3, 0.4) is 0 Å². The fourth-order valence-corrected chi connectivity index (χ4v) is 4.49. The van der Waals surface area contributed by atoms with Gasteiger partial charge in [0.05, 0.1) is 16.7 Å². The van der Waals surface area contributed by atoms with Gasteiger partial charge in [0.1, 0.15) is 11.6 Å². The monoisotopic (exact) mass is 412 g/mol. The highest BCUT2D eigenvalue weighted by molar-refractivity contribution is 7.17. The minimum Gasteiger partial charge on any atom is -0.459 e. The maximum Gasteiger partial charge on any atom is 0.341 e. The topological polar surface area (TPSA) is 112 Å². The molecule has 3 aromatic rings. The summed E-state index contributed by atoms with van der Waals surface area (Å²) in [6.07, 6.45) is 3.97. The van der Waals surface area contributed by atoms with Crippen molar-refractivity contribution in [2.45, 2.75) is 25.9 Å². The Hall–Kier alpha value is -3.46. The molecule has 0 fully saturated rings. The first-order valence-corrected chi connectivity index (χ1v) is 9.74. The third-order valence-electron chi connectivity index (χ3n) is 4.61. The molecule has 1 aromatic carbocycles. The van der Waals surface area contributed by atoms with E-state index in [9.17, 15) is 19.7 Å². The van der Waals surface area contributed by atoms with Crippen LogP contribution < -0.4 is 5.32 Å². The normalized spacial score (nSPS) is 12.4. The number of ether oxygens (including phenoxy) is 1. The molecule has 1 aliphatic carbocycles. The number of amides is 1. The number of nitro groups is 1. The van der Waals surface area contributed by atoms with Crippen LogP contribution in [-0.2, 0) is 24.2 Å². The van der Waals surface area contributed by atoms with Gasteiger partial charge in [-0.25, -0.2) is 4.79 Å². The van der Waals surface area contributed by atoms with Crippen LogP contribution >= 0.6 is 11.3 Å². The van der Waals surface area contributed by atoms with E-state index < -0.39 is 16.8 Å². The Labute approximate surface area is 169 Å². The van der Waals surface area contributed by atoms with E-state index >= 15 is 0 Å². The summed E-state index contributed by atoms with van der Waals surface area (Å²) in [6.45, 7) is -0.0208. The second-order valence-corrected chi connectivity index (χ2v) is 7.60. The van der Waals surface area contributed by atoms with Crippen molar-refractivity contribution in [2.75, 3.05) is 5.32 Å². The Morgan fingerprint density at radius 2 is 2.00 bits per heavy atom. The van der Waals surface area contributed by atoms with E-state index in [2.05, 4.69) is 5.32 Å². The summed E-state index contributed by atoms with van der Waals surface area (Å²) in [7, 11) is 0. The highest BCUT2D eigenvalue weighted by Crippen LogP contribution is 2.39. The van der Waals surface area contributed by atoms with Gasteiger partial charge >= 0.3 is 5.97 Å². The third kappa shape index (κ3) is 3.90. The molecule has 4 rings (SSSR count). The van der Waals surface area contributed by atoms with E-state index in [0.717, 1.165) is 29.7 Å². The van der Waals surface area contributed by atoms with Gasteiger partial charge in [-0.2, -0.15) is 0 Å². The molecule has 0 atom stereocenters. The highest BCUT2D eigenvalue weighted by Gasteiger charge is 2.29. The molecule has 2 aromatic heterocycles. The fraction of sp³-hybridized carbons (Fsp3) is 0.200. The lowest BCUT2D eigenvalue weighted by molar-refractivity contribution is -0.384. The molecule has 0 unspecified atom stereocenters. The van der Waals surface area contributed by atoms with E-state index in [1.165, 1.54) is 29.7 Å². The Balaban J connectivity index is 1.51. The van der Waals surface area contributed by atoms with Gasteiger partial charge in [0.2, 0.25) is 0 Å². The molecule has 8 nitrogen and oxygen atoms in total. The number of nitrogens with one attached hydrogen (secondary N) is 1. The number of benzene rings is 1. The summed E-state index contributed by atoms with van der Waals surface area (Å²) in [4.78, 5) is 36.5. The second kappa shape index (κ2) is 7.88. The molecule has 0 aliphatic heterocycles. The Morgan fingerprint density at radius 3 is 2.69 bits per heavy atom. The van der Waals surface area contributed by atoms with Crippen molar-refractivity contribution >= 4 is 33.9 Å². The molecule has 29 heavy (non-hydrogen) atoms. The predicted molar refractivity (Wildman–Crippen MR) is 105 cm³/mol. The largest absolute Gasteiger partial charge is 0.459 e. The lowest BCUT2D eigenvalue weighted by Crippen LogP contribution is -2.14. The number of nitrogens with zero attached hydrogens (tertiary/aromatic N) is 1. The van der Waals surface area contributed by atoms with Crippen LogP contribution in [0.5, 0.6) is 0 Å². The van der Waals surface area contributed by atoms with Crippen LogP contribution in [0.2, 0.25) is 0 Å². The molecular weight excluding hydrogens is 396 g/mol. The number of hydrogen-bond donors (Lipinski definition) is 1. The standard InChI is InChI=1S/C20H16N2O6S/c23-18(15-4-2-10-27-15)21-19-17(14-3-1-5-16(14)29-19)20(24)28-11-12-6-8-13(9-7-12)22(25)26/h2,4,6-10H,1,3,5,11H2,(H,21,23). The first-order valence-electron chi connectivity index (χ1n) is 8.93. The van der Waals surface area contributed by atoms with Gasteiger partial charge in [0.25, 0.3) is 11.6 Å². The zero-order valence-electron chi connectivity index (χ0n) is 15.2. The van der Waals surface area contributed by atoms with Crippen molar-refractivity contribution in [1.29, 1.82) is 0 Å². The van der Waals surface area contributed by atoms with Crippen LogP contribution in [0.1, 0.15) is 43.3 Å². The van der Waals surface area contributed by atoms with Crippen molar-refractivity contribution in [3.05, 3.63) is 80.1 Å². The van der Waals surface area contributed by atoms with Crippen LogP contribution in [0, 0.1) is 10.1 Å². The summed E-state index contributed by atoms with van der Waals surface area (Å²) in [6, 6.07) is 8.97. The van der Waals surface area contributed by atoms with E-state index in [1.54, 1.807) is 24.3 Å². The summed E-state index contributed by atoms with van der Waals surface area (Å²) >= 11 is 1.38. The number of thiophene rings is 1. The maximum absolute atomic E-state index is 12.8. The van der Waals surface area contributed by atoms with Crippen molar-refractivity contribution in [1.82, 2.24) is 0 Å². The first-order chi connectivity index (χ1) is 14.0. The van der Waals surface area contributed by atoms with Crippen LogP contribution in [0.4, 0.5) is 10.7 Å². The molecule has 0 saturated heterocycles. The molecule has 1 aliphatic rings. The highest BCUT2D eigenvalue weighted by atomic mass is 32.1. The molecule has 9 heteroatoms. The van der Waals surface area contributed by atoms with Gasteiger partial charge in [-0.1, -0.05) is 0 Å². The molecule has 1 N–H and O–H groups in total. The average Bonchev–Trinajstić information content (AvgIpc) is 3.43. The number of nitro benzene ring substituents is 1. The van der Waals surface area contributed by atoms with E-state index in [-0.39, 0.29) is 18.1 Å². The quantitative estimate of drug-likeness (QED) is 0.366. The summed E-state index contributed by atoms with van der Waals surface area (Å²) in [5.74, 6) is -0.805. The molecular formula is C20H16N2O6S. The summed E-state index contributed by atoms with van der Waals surface area (Å²) in [5.41, 5.74) is 1.90. The van der Waals surface area contributed by atoms with Crippen molar-refractivity contribution in [2.24, 2.45) is 0 Å². The second-order valence-electron chi connectivity index (χ2n) is 6.49. The molecule has 1 amide bonds. The number of fused-ring (bicyclic) bond motifs is 1. The minimum absolute atomic E-state index is 0.0208. The van der Waals surface area contributed by atoms with Crippen LogP contribution in [0.25, 0.3) is 0 Å². The van der Waals surface area contributed by atoms with Crippen molar-refractivity contribution in [3.63, 3.8) is 0 Å². The van der Waals surface area contributed by atoms with E-state index in [0.29, 0.717) is 16.1 Å². The number of anilines is 1. The lowest BCUT2D eigenvalue weighted by atomic mass is 10.1. The van der Waals surface area contributed by atoms with Crippen LogP contribution in [-0.4, -0.2) is 16.8 Å². The Kier molecular flexibility index (Phi) is 5.13. The van der Waals surface area contributed by atoms with Gasteiger partial charge in [-0.15, -0.1) is 11.3 Å². The minimum atomic E-state index is -0.530. The van der Waals surface area contributed by atoms with Gasteiger partial charge in [0, 0.05) is 17.0 Å². The van der Waals surface area contributed by atoms with Gasteiger partial charge in [-0.05, 0) is 54.7 Å². The smallest absolute Gasteiger partial charge is 0.341 e. The molecule has 0 saturated carbocycles. The molecule has 148 valence electrons. The van der Waals surface area contributed by atoms with Gasteiger partial charge in [-0.3, -0.25) is 14.9 Å². The molecule has 0 spiro atoms. The zero-order valence-corrected chi connectivity index (χ0v) is 16.0. The number of carbonyl (C=O) groups excluding carboxylic acids is 2. The predicted octanol–water partition coefficient (Wildman–Crippen LogP) is 4.35. The third-order valence-corrected chi connectivity index (χ3v) is 5.82. The van der Waals surface area contributed by atoms with Crippen molar-refractivity contribution in [3.8, 4) is 0 Å².